The molecule has 0 aliphatic rings. The van der Waals surface area contributed by atoms with Crippen LogP contribution in [0.1, 0.15) is 38.8 Å². The highest BCUT2D eigenvalue weighted by atomic mass is 32.1. The number of hydrogen-bond donors (Lipinski definition) is 1. The monoisotopic (exact) mass is 246 g/mol. The maximum Gasteiger partial charge on any atom is 0.107 e. The summed E-state index contributed by atoms with van der Waals surface area (Å²) in [6.07, 6.45) is 2.90. The second kappa shape index (κ2) is 4.22. The number of nitrogens with zero attached hydrogens (tertiary/aromatic N) is 1. The van der Waals surface area contributed by atoms with E-state index in [1.165, 1.54) is 5.56 Å². The molecule has 2 rings (SSSR count). The Bertz CT molecular complexity index is 606. The smallest absolute Gasteiger partial charge is 0.107 e. The van der Waals surface area contributed by atoms with Crippen LogP contribution in [-0.2, 0) is 11.8 Å². The average Bonchev–Trinajstić information content (AvgIpc) is 2.26. The second-order valence-electron chi connectivity index (χ2n) is 5.38. The van der Waals surface area contributed by atoms with E-state index in [0.717, 1.165) is 27.7 Å². The number of nitrogens with one attached hydrogen (secondary N) is 1. The summed E-state index contributed by atoms with van der Waals surface area (Å²) in [7, 11) is 0. The van der Waals surface area contributed by atoms with E-state index in [9.17, 15) is 0 Å². The molecule has 2 aromatic rings. The van der Waals surface area contributed by atoms with Gasteiger partial charge in [0.2, 0.25) is 0 Å². The molecule has 90 valence electrons. The molecule has 2 aromatic heterocycles. The maximum absolute atomic E-state index is 5.33. The van der Waals surface area contributed by atoms with E-state index >= 15 is 0 Å². The molecular formula is C14H18N2S. The molecule has 0 bridgehead atoms. The Morgan fingerprint density at radius 1 is 1.29 bits per heavy atom. The van der Waals surface area contributed by atoms with Crippen molar-refractivity contribution in [3.05, 3.63) is 34.1 Å². The number of fused-ring (bicyclic) bond motifs is 1. The molecule has 0 radical (unpaired) electrons. The third-order valence-corrected chi connectivity index (χ3v) is 3.38. The van der Waals surface area contributed by atoms with Crippen LogP contribution < -0.4 is 0 Å². The van der Waals surface area contributed by atoms with E-state index in [0.29, 0.717) is 0 Å². The van der Waals surface area contributed by atoms with Crippen LogP contribution >= 0.6 is 12.2 Å². The summed E-state index contributed by atoms with van der Waals surface area (Å²) in [5.41, 5.74) is 4.51. The first-order valence-electron chi connectivity index (χ1n) is 5.94. The fourth-order valence-electron chi connectivity index (χ4n) is 1.80. The minimum atomic E-state index is 0.111. The quantitative estimate of drug-likeness (QED) is 0.766. The van der Waals surface area contributed by atoms with E-state index in [4.69, 9.17) is 12.2 Å². The maximum atomic E-state index is 5.33. The molecule has 2 heterocycles. The Kier molecular flexibility index (Phi) is 3.04. The molecule has 0 saturated carbocycles. The summed E-state index contributed by atoms with van der Waals surface area (Å²) >= 11 is 5.33. The van der Waals surface area contributed by atoms with Crippen molar-refractivity contribution in [2.45, 2.75) is 39.5 Å². The first kappa shape index (κ1) is 12.2. The van der Waals surface area contributed by atoms with Crippen LogP contribution in [0, 0.1) is 4.64 Å². The summed E-state index contributed by atoms with van der Waals surface area (Å²) in [5, 5.41) is 0. The van der Waals surface area contributed by atoms with Crippen LogP contribution in [0.5, 0.6) is 0 Å². The van der Waals surface area contributed by atoms with Crippen LogP contribution in [0.25, 0.3) is 11.0 Å². The van der Waals surface area contributed by atoms with Crippen molar-refractivity contribution in [2.75, 3.05) is 0 Å². The molecule has 0 atom stereocenters. The van der Waals surface area contributed by atoms with Crippen molar-refractivity contribution in [3.63, 3.8) is 0 Å². The van der Waals surface area contributed by atoms with E-state index in [-0.39, 0.29) is 5.41 Å². The SMILES string of the molecule is CCc1cc2ncc(C(C)(C)C)cc2[nH]c1=S. The summed E-state index contributed by atoms with van der Waals surface area (Å²) in [5.74, 6) is 0. The zero-order valence-electron chi connectivity index (χ0n) is 10.8. The van der Waals surface area contributed by atoms with Gasteiger partial charge in [0.1, 0.15) is 4.64 Å². The predicted molar refractivity (Wildman–Crippen MR) is 75.0 cm³/mol. The highest BCUT2D eigenvalue weighted by Crippen LogP contribution is 2.24. The highest BCUT2D eigenvalue weighted by Gasteiger charge is 2.14. The number of H-pyrrole nitrogens is 1. The molecule has 0 fully saturated rings. The normalized spacial score (nSPS) is 12.0. The molecule has 0 aromatic carbocycles. The van der Waals surface area contributed by atoms with Gasteiger partial charge in [-0.3, -0.25) is 4.98 Å². The zero-order valence-corrected chi connectivity index (χ0v) is 11.6. The lowest BCUT2D eigenvalue weighted by Gasteiger charge is -2.18. The molecule has 0 spiro atoms. The Morgan fingerprint density at radius 2 is 2.00 bits per heavy atom. The summed E-state index contributed by atoms with van der Waals surface area (Å²) in [6, 6.07) is 4.23. The fraction of sp³-hybridized carbons (Fsp3) is 0.429. The van der Waals surface area contributed by atoms with Crippen molar-refractivity contribution in [1.29, 1.82) is 0 Å². The molecule has 0 saturated heterocycles. The third kappa shape index (κ3) is 2.39. The topological polar surface area (TPSA) is 28.7 Å². The summed E-state index contributed by atoms with van der Waals surface area (Å²) in [6.45, 7) is 8.66. The number of aryl methyl sites for hydroxylation is 1. The van der Waals surface area contributed by atoms with Gasteiger partial charge in [-0.15, -0.1) is 0 Å². The van der Waals surface area contributed by atoms with Gasteiger partial charge in [-0.2, -0.15) is 0 Å². The van der Waals surface area contributed by atoms with Gasteiger partial charge in [0, 0.05) is 6.20 Å². The Morgan fingerprint density at radius 3 is 2.59 bits per heavy atom. The molecule has 0 aliphatic heterocycles. The van der Waals surface area contributed by atoms with Gasteiger partial charge in [0.05, 0.1) is 11.0 Å². The standard InChI is InChI=1S/C14H18N2S/c1-5-9-6-11-12(16-13(9)17)7-10(8-15-11)14(2,3)4/h6-8H,5H2,1-4H3,(H,16,17). The van der Waals surface area contributed by atoms with Crippen LogP contribution in [0.15, 0.2) is 18.3 Å². The zero-order chi connectivity index (χ0) is 12.6. The highest BCUT2D eigenvalue weighted by molar-refractivity contribution is 7.71. The van der Waals surface area contributed by atoms with Gasteiger partial charge in [0.25, 0.3) is 0 Å². The van der Waals surface area contributed by atoms with Gasteiger partial charge in [0.15, 0.2) is 0 Å². The van der Waals surface area contributed by atoms with E-state index in [1.54, 1.807) is 0 Å². The lowest BCUT2D eigenvalue weighted by Crippen LogP contribution is -2.11. The number of aromatic nitrogens is 2. The lowest BCUT2D eigenvalue weighted by molar-refractivity contribution is 0.588. The average molecular weight is 246 g/mol. The number of aromatic amines is 1. The van der Waals surface area contributed by atoms with Crippen molar-refractivity contribution >= 4 is 23.3 Å². The lowest BCUT2D eigenvalue weighted by atomic mass is 9.88. The first-order valence-corrected chi connectivity index (χ1v) is 6.35. The molecule has 17 heavy (non-hydrogen) atoms. The van der Waals surface area contributed by atoms with Gasteiger partial charge < -0.3 is 4.98 Å². The van der Waals surface area contributed by atoms with Crippen molar-refractivity contribution in [3.8, 4) is 0 Å². The molecule has 2 nitrogen and oxygen atoms in total. The van der Waals surface area contributed by atoms with Gasteiger partial charge in [-0.1, -0.05) is 39.9 Å². The van der Waals surface area contributed by atoms with E-state index in [2.05, 4.69) is 49.8 Å². The number of hydrogen-bond acceptors (Lipinski definition) is 2. The Balaban J connectivity index is 2.68. The molecule has 0 amide bonds. The fourth-order valence-corrected chi connectivity index (χ4v) is 2.11. The second-order valence-corrected chi connectivity index (χ2v) is 5.79. The summed E-state index contributed by atoms with van der Waals surface area (Å²) in [4.78, 5) is 7.79. The first-order chi connectivity index (χ1) is 7.91. The molecule has 0 unspecified atom stereocenters. The van der Waals surface area contributed by atoms with E-state index in [1.807, 2.05) is 6.20 Å². The molecular weight excluding hydrogens is 228 g/mol. The minimum absolute atomic E-state index is 0.111. The van der Waals surface area contributed by atoms with Gasteiger partial charge in [-0.25, -0.2) is 0 Å². The van der Waals surface area contributed by atoms with Crippen molar-refractivity contribution < 1.29 is 0 Å². The summed E-state index contributed by atoms with van der Waals surface area (Å²) < 4.78 is 0.827. The largest absolute Gasteiger partial charge is 0.345 e. The van der Waals surface area contributed by atoms with Crippen LogP contribution in [0.4, 0.5) is 0 Å². The number of pyridine rings is 2. The van der Waals surface area contributed by atoms with E-state index < -0.39 is 0 Å². The number of rotatable bonds is 1. The van der Waals surface area contributed by atoms with Crippen LogP contribution in [0.3, 0.4) is 0 Å². The molecule has 3 heteroatoms. The predicted octanol–water partition coefficient (Wildman–Crippen LogP) is 4.15. The van der Waals surface area contributed by atoms with Gasteiger partial charge >= 0.3 is 0 Å². The molecule has 1 N–H and O–H groups in total. The minimum Gasteiger partial charge on any atom is -0.345 e. The third-order valence-electron chi connectivity index (χ3n) is 3.02. The Hall–Kier alpha value is -1.22. The van der Waals surface area contributed by atoms with Crippen molar-refractivity contribution in [1.82, 2.24) is 9.97 Å². The van der Waals surface area contributed by atoms with Gasteiger partial charge in [-0.05, 0) is 35.1 Å². The van der Waals surface area contributed by atoms with Crippen LogP contribution in [-0.4, -0.2) is 9.97 Å². The van der Waals surface area contributed by atoms with Crippen molar-refractivity contribution in [2.24, 2.45) is 0 Å². The Labute approximate surface area is 107 Å². The van der Waals surface area contributed by atoms with Crippen LogP contribution in [0.2, 0.25) is 0 Å². The molecule has 0 aliphatic carbocycles.